The highest BCUT2D eigenvalue weighted by Gasteiger charge is 2.27. The molecule has 0 spiro atoms. The van der Waals surface area contributed by atoms with E-state index in [0.29, 0.717) is 19.0 Å². The maximum atomic E-state index is 11.8. The van der Waals surface area contributed by atoms with Gasteiger partial charge in [-0.1, -0.05) is 6.92 Å². The van der Waals surface area contributed by atoms with Crippen LogP contribution in [0.25, 0.3) is 0 Å². The molecule has 1 aliphatic heterocycles. The van der Waals surface area contributed by atoms with Crippen molar-refractivity contribution >= 4 is 16.2 Å². The predicted molar refractivity (Wildman–Crippen MR) is 60.5 cm³/mol. The first kappa shape index (κ1) is 14.4. The summed E-state index contributed by atoms with van der Waals surface area (Å²) in [6, 6.07) is 0. The quantitative estimate of drug-likeness (QED) is 0.591. The Morgan fingerprint density at radius 2 is 2.24 bits per heavy atom. The second-order valence-corrected chi connectivity index (χ2v) is 6.07. The van der Waals surface area contributed by atoms with Gasteiger partial charge in [0.25, 0.3) is 10.2 Å². The van der Waals surface area contributed by atoms with Crippen molar-refractivity contribution in [2.45, 2.75) is 25.9 Å². The molecule has 1 aliphatic rings. The number of hydrogen-bond acceptors (Lipinski definition) is 4. The van der Waals surface area contributed by atoms with Crippen LogP contribution in [0.2, 0.25) is 0 Å². The van der Waals surface area contributed by atoms with Crippen LogP contribution in [0.3, 0.4) is 0 Å². The molecule has 8 heteroatoms. The normalized spacial score (nSPS) is 24.5. The highest BCUT2D eigenvalue weighted by Crippen LogP contribution is 2.17. The summed E-state index contributed by atoms with van der Waals surface area (Å²) in [5.74, 6) is -1.15. The first-order valence-electron chi connectivity index (χ1n) is 5.48. The fourth-order valence-corrected chi connectivity index (χ4v) is 3.10. The lowest BCUT2D eigenvalue weighted by atomic mass is 10.0. The van der Waals surface area contributed by atoms with Crippen LogP contribution in [0.5, 0.6) is 0 Å². The first-order valence-corrected chi connectivity index (χ1v) is 6.92. The summed E-state index contributed by atoms with van der Waals surface area (Å²) in [5, 5.41) is 17.4. The predicted octanol–water partition coefficient (Wildman–Crippen LogP) is -1.00. The lowest BCUT2D eigenvalue weighted by Crippen LogP contribution is -2.48. The third kappa shape index (κ3) is 4.23. The molecule has 0 radical (unpaired) electrons. The Labute approximate surface area is 101 Å². The van der Waals surface area contributed by atoms with E-state index in [4.69, 9.17) is 10.2 Å². The van der Waals surface area contributed by atoms with Gasteiger partial charge >= 0.3 is 5.97 Å². The van der Waals surface area contributed by atoms with Crippen LogP contribution in [0.4, 0.5) is 0 Å². The number of aliphatic hydroxyl groups excluding tert-OH is 1. The molecule has 0 amide bonds. The van der Waals surface area contributed by atoms with Crippen LogP contribution in [0, 0.1) is 5.92 Å². The fraction of sp³-hybridized carbons (Fsp3) is 0.889. The maximum absolute atomic E-state index is 11.8. The smallest absolute Gasteiger partial charge is 0.333 e. The highest BCUT2D eigenvalue weighted by atomic mass is 32.2. The molecular formula is C9H18N2O5S. The van der Waals surface area contributed by atoms with Crippen molar-refractivity contribution in [1.82, 2.24) is 9.03 Å². The lowest BCUT2D eigenvalue weighted by Gasteiger charge is -2.30. The molecule has 2 atom stereocenters. The molecule has 0 aromatic carbocycles. The number of aliphatic hydroxyl groups is 1. The number of nitrogens with one attached hydrogen (secondary N) is 1. The van der Waals surface area contributed by atoms with Crippen molar-refractivity contribution < 1.29 is 23.4 Å². The van der Waals surface area contributed by atoms with Gasteiger partial charge in [-0.3, -0.25) is 0 Å². The van der Waals surface area contributed by atoms with Crippen LogP contribution in [0.15, 0.2) is 0 Å². The molecule has 1 fully saturated rings. The van der Waals surface area contributed by atoms with Gasteiger partial charge in [0.15, 0.2) is 6.10 Å². The van der Waals surface area contributed by atoms with Gasteiger partial charge in [-0.05, 0) is 18.8 Å². The third-order valence-electron chi connectivity index (χ3n) is 2.70. The molecule has 0 aliphatic carbocycles. The molecule has 17 heavy (non-hydrogen) atoms. The van der Waals surface area contributed by atoms with Crippen molar-refractivity contribution in [1.29, 1.82) is 0 Å². The van der Waals surface area contributed by atoms with Crippen LogP contribution < -0.4 is 4.72 Å². The average Bonchev–Trinajstić information content (AvgIpc) is 2.26. The molecule has 1 rings (SSSR count). The Kier molecular flexibility index (Phi) is 4.87. The molecule has 100 valence electrons. The summed E-state index contributed by atoms with van der Waals surface area (Å²) in [4.78, 5) is 10.3. The topological polar surface area (TPSA) is 107 Å². The maximum Gasteiger partial charge on any atom is 0.333 e. The van der Waals surface area contributed by atoms with Crippen LogP contribution in [0.1, 0.15) is 19.8 Å². The van der Waals surface area contributed by atoms with Gasteiger partial charge in [-0.2, -0.15) is 17.4 Å². The van der Waals surface area contributed by atoms with Crippen molar-refractivity contribution in [2.75, 3.05) is 19.6 Å². The van der Waals surface area contributed by atoms with E-state index < -0.39 is 28.8 Å². The highest BCUT2D eigenvalue weighted by molar-refractivity contribution is 7.87. The minimum absolute atomic E-state index is 0.296. The molecule has 0 aromatic rings. The Hall–Kier alpha value is -0.700. The van der Waals surface area contributed by atoms with Gasteiger partial charge in [0, 0.05) is 19.6 Å². The largest absolute Gasteiger partial charge is 0.479 e. The molecule has 0 aromatic heterocycles. The van der Waals surface area contributed by atoms with Gasteiger partial charge in [-0.25, -0.2) is 4.79 Å². The van der Waals surface area contributed by atoms with Crippen LogP contribution >= 0.6 is 0 Å². The van der Waals surface area contributed by atoms with Gasteiger partial charge in [0.2, 0.25) is 0 Å². The molecular weight excluding hydrogens is 248 g/mol. The Morgan fingerprint density at radius 1 is 1.59 bits per heavy atom. The van der Waals surface area contributed by atoms with E-state index in [9.17, 15) is 13.2 Å². The van der Waals surface area contributed by atoms with Gasteiger partial charge in [0.1, 0.15) is 0 Å². The van der Waals surface area contributed by atoms with Crippen molar-refractivity contribution in [3.05, 3.63) is 0 Å². The number of nitrogens with zero attached hydrogens (tertiary/aromatic N) is 1. The first-order chi connectivity index (χ1) is 7.83. The number of hydrogen-bond donors (Lipinski definition) is 3. The SMILES string of the molecule is CC1CCCN(S(=O)(=O)NC[C@H](O)C(=O)O)C1. The number of carbonyl (C=O) groups is 1. The zero-order valence-corrected chi connectivity index (χ0v) is 10.5. The minimum atomic E-state index is -3.68. The summed E-state index contributed by atoms with van der Waals surface area (Å²) < 4.78 is 26.9. The molecule has 0 saturated carbocycles. The molecule has 1 saturated heterocycles. The van der Waals surface area contributed by atoms with E-state index in [0.717, 1.165) is 12.8 Å². The average molecular weight is 266 g/mol. The lowest BCUT2D eigenvalue weighted by molar-refractivity contribution is -0.146. The Morgan fingerprint density at radius 3 is 2.76 bits per heavy atom. The van der Waals surface area contributed by atoms with Gasteiger partial charge < -0.3 is 10.2 Å². The Bertz CT molecular complexity index is 370. The molecule has 3 N–H and O–H groups in total. The van der Waals surface area contributed by atoms with E-state index in [-0.39, 0.29) is 0 Å². The minimum Gasteiger partial charge on any atom is -0.479 e. The zero-order chi connectivity index (χ0) is 13.1. The van der Waals surface area contributed by atoms with Gasteiger partial charge in [0.05, 0.1) is 0 Å². The summed E-state index contributed by atoms with van der Waals surface area (Å²) >= 11 is 0. The van der Waals surface area contributed by atoms with Crippen LogP contribution in [-0.4, -0.2) is 54.6 Å². The molecule has 7 nitrogen and oxygen atoms in total. The molecule has 0 bridgehead atoms. The van der Waals surface area contributed by atoms with E-state index in [1.54, 1.807) is 0 Å². The third-order valence-corrected chi connectivity index (χ3v) is 4.25. The van der Waals surface area contributed by atoms with Crippen molar-refractivity contribution in [3.8, 4) is 0 Å². The molecule has 1 heterocycles. The van der Waals surface area contributed by atoms with Gasteiger partial charge in [-0.15, -0.1) is 0 Å². The summed E-state index contributed by atoms with van der Waals surface area (Å²) in [7, 11) is -3.68. The number of rotatable bonds is 5. The monoisotopic (exact) mass is 266 g/mol. The standard InChI is InChI=1S/C9H18N2O5S/c1-7-3-2-4-11(6-7)17(15,16)10-5-8(12)9(13)14/h7-8,10,12H,2-6H2,1H3,(H,13,14)/t7?,8-/m0/s1. The Balaban J connectivity index is 2.53. The zero-order valence-electron chi connectivity index (χ0n) is 9.66. The number of carboxylic acids is 1. The van der Waals surface area contributed by atoms with Crippen molar-refractivity contribution in [2.24, 2.45) is 5.92 Å². The second-order valence-electron chi connectivity index (χ2n) is 4.31. The van der Waals surface area contributed by atoms with E-state index in [1.807, 2.05) is 6.92 Å². The van der Waals surface area contributed by atoms with E-state index in [1.165, 1.54) is 4.31 Å². The second kappa shape index (κ2) is 5.76. The van der Waals surface area contributed by atoms with Crippen molar-refractivity contribution in [3.63, 3.8) is 0 Å². The fourth-order valence-electron chi connectivity index (χ4n) is 1.73. The van der Waals surface area contributed by atoms with E-state index >= 15 is 0 Å². The van der Waals surface area contributed by atoms with E-state index in [2.05, 4.69) is 4.72 Å². The molecule has 1 unspecified atom stereocenters. The summed E-state index contributed by atoms with van der Waals surface area (Å²) in [5.41, 5.74) is 0. The summed E-state index contributed by atoms with van der Waals surface area (Å²) in [6.45, 7) is 2.32. The number of carboxylic acid groups (broad SMARTS) is 1. The number of aliphatic carboxylic acids is 1. The summed E-state index contributed by atoms with van der Waals surface area (Å²) in [6.07, 6.45) is 0.0693. The number of piperidine rings is 1. The van der Waals surface area contributed by atoms with Crippen LogP contribution in [-0.2, 0) is 15.0 Å².